The van der Waals surface area contributed by atoms with E-state index in [1.54, 1.807) is 18.2 Å². The Hall–Kier alpha value is -2.64. The van der Waals surface area contributed by atoms with Crippen molar-refractivity contribution in [1.29, 1.82) is 0 Å². The summed E-state index contributed by atoms with van der Waals surface area (Å²) in [5.74, 6) is -1.31. The van der Waals surface area contributed by atoms with Crippen molar-refractivity contribution in [2.45, 2.75) is 19.8 Å². The number of carbonyl (C=O) groups is 2. The molecule has 1 fully saturated rings. The summed E-state index contributed by atoms with van der Waals surface area (Å²) < 4.78 is 0. The molecular formula is C16H21N3O5. The number of benzene rings is 1. The monoisotopic (exact) mass is 335 g/mol. The molecule has 1 heterocycles. The maximum Gasteiger partial charge on any atom is 0.317 e. The highest BCUT2D eigenvalue weighted by Crippen LogP contribution is 2.22. The van der Waals surface area contributed by atoms with Gasteiger partial charge in [0, 0.05) is 31.3 Å². The molecule has 24 heavy (non-hydrogen) atoms. The quantitative estimate of drug-likeness (QED) is 0.630. The predicted molar refractivity (Wildman–Crippen MR) is 86.7 cm³/mol. The van der Waals surface area contributed by atoms with E-state index in [1.165, 1.54) is 11.0 Å². The number of nitrogens with one attached hydrogen (secondary N) is 1. The van der Waals surface area contributed by atoms with Crippen LogP contribution in [0.3, 0.4) is 0 Å². The molecule has 0 aromatic heterocycles. The number of para-hydroxylation sites is 1. The van der Waals surface area contributed by atoms with Crippen LogP contribution >= 0.6 is 0 Å². The van der Waals surface area contributed by atoms with Crippen LogP contribution in [0.4, 0.5) is 10.5 Å². The third kappa shape index (κ3) is 4.43. The van der Waals surface area contributed by atoms with Crippen molar-refractivity contribution in [3.8, 4) is 0 Å². The van der Waals surface area contributed by atoms with Crippen molar-refractivity contribution in [2.24, 2.45) is 11.8 Å². The number of aliphatic carboxylic acids is 1. The smallest absolute Gasteiger partial charge is 0.317 e. The summed E-state index contributed by atoms with van der Waals surface area (Å²) in [4.78, 5) is 35.4. The summed E-state index contributed by atoms with van der Waals surface area (Å²) in [6.07, 6.45) is 0.907. The number of piperidine rings is 1. The van der Waals surface area contributed by atoms with Gasteiger partial charge in [-0.25, -0.2) is 4.79 Å². The second kappa shape index (κ2) is 7.76. The van der Waals surface area contributed by atoms with Gasteiger partial charge < -0.3 is 15.3 Å². The summed E-state index contributed by atoms with van der Waals surface area (Å²) >= 11 is 0. The third-order valence-electron chi connectivity index (χ3n) is 4.16. The van der Waals surface area contributed by atoms with Gasteiger partial charge in [-0.2, -0.15) is 0 Å². The van der Waals surface area contributed by atoms with E-state index in [9.17, 15) is 19.7 Å². The molecule has 0 bridgehead atoms. The van der Waals surface area contributed by atoms with Gasteiger partial charge in [-0.1, -0.05) is 25.1 Å². The Morgan fingerprint density at radius 2 is 2.08 bits per heavy atom. The van der Waals surface area contributed by atoms with Crippen molar-refractivity contribution >= 4 is 17.7 Å². The zero-order valence-electron chi connectivity index (χ0n) is 13.5. The van der Waals surface area contributed by atoms with Crippen LogP contribution in [0.25, 0.3) is 0 Å². The number of likely N-dealkylation sites (tertiary alicyclic amines) is 1. The number of urea groups is 1. The molecule has 2 unspecified atom stereocenters. The van der Waals surface area contributed by atoms with E-state index in [2.05, 4.69) is 5.32 Å². The highest BCUT2D eigenvalue weighted by atomic mass is 16.6. The van der Waals surface area contributed by atoms with Crippen LogP contribution in [0.2, 0.25) is 0 Å². The second-order valence-corrected chi connectivity index (χ2v) is 6.15. The number of hydrogen-bond acceptors (Lipinski definition) is 4. The summed E-state index contributed by atoms with van der Waals surface area (Å²) in [5.41, 5.74) is 0.586. The Balaban J connectivity index is 1.89. The Morgan fingerprint density at radius 1 is 1.38 bits per heavy atom. The van der Waals surface area contributed by atoms with Crippen LogP contribution in [0.15, 0.2) is 24.3 Å². The lowest BCUT2D eigenvalue weighted by atomic mass is 9.91. The number of rotatable bonds is 5. The molecule has 0 aliphatic carbocycles. The molecule has 2 atom stereocenters. The van der Waals surface area contributed by atoms with E-state index in [-0.39, 0.29) is 30.7 Å². The molecule has 1 aliphatic heterocycles. The molecular weight excluding hydrogens is 314 g/mol. The zero-order valence-corrected chi connectivity index (χ0v) is 13.5. The molecule has 0 radical (unpaired) electrons. The fraction of sp³-hybridized carbons (Fsp3) is 0.500. The topological polar surface area (TPSA) is 113 Å². The first-order valence-electron chi connectivity index (χ1n) is 7.86. The first kappa shape index (κ1) is 17.7. The first-order valence-corrected chi connectivity index (χ1v) is 7.86. The van der Waals surface area contributed by atoms with E-state index in [4.69, 9.17) is 5.11 Å². The lowest BCUT2D eigenvalue weighted by Gasteiger charge is -2.34. The lowest BCUT2D eigenvalue weighted by molar-refractivity contribution is -0.385. The number of carboxylic acid groups (broad SMARTS) is 1. The fourth-order valence-electron chi connectivity index (χ4n) is 3.01. The van der Waals surface area contributed by atoms with Crippen molar-refractivity contribution in [1.82, 2.24) is 10.2 Å². The summed E-state index contributed by atoms with van der Waals surface area (Å²) in [6, 6.07) is 6.08. The summed E-state index contributed by atoms with van der Waals surface area (Å²) in [5, 5.41) is 22.8. The molecule has 130 valence electrons. The van der Waals surface area contributed by atoms with Crippen LogP contribution in [0, 0.1) is 22.0 Å². The minimum atomic E-state index is -0.890. The van der Waals surface area contributed by atoms with E-state index < -0.39 is 16.8 Å². The molecule has 8 heteroatoms. The zero-order chi connectivity index (χ0) is 17.7. The SMILES string of the molecule is CC1CC(C(=O)O)CN(C(=O)NCCc2ccccc2[N+](=O)[O-])C1. The number of nitrogens with zero attached hydrogens (tertiary/aromatic N) is 2. The van der Waals surface area contributed by atoms with Gasteiger partial charge >= 0.3 is 12.0 Å². The van der Waals surface area contributed by atoms with Gasteiger partial charge in [-0.3, -0.25) is 14.9 Å². The molecule has 2 N–H and O–H groups in total. The molecule has 2 rings (SSSR count). The van der Waals surface area contributed by atoms with Gasteiger partial charge in [0.1, 0.15) is 0 Å². The fourth-order valence-corrected chi connectivity index (χ4v) is 3.01. The standard InChI is InChI=1S/C16H21N3O5/c1-11-8-13(15(20)21)10-18(9-11)16(22)17-7-6-12-4-2-3-5-14(12)19(23)24/h2-5,11,13H,6-10H2,1H3,(H,17,22)(H,20,21). The summed E-state index contributed by atoms with van der Waals surface area (Å²) in [6.45, 7) is 2.88. The lowest BCUT2D eigenvalue weighted by Crippen LogP contribution is -2.49. The first-order chi connectivity index (χ1) is 11.4. The average molecular weight is 335 g/mol. The Morgan fingerprint density at radius 3 is 2.75 bits per heavy atom. The number of nitro benzene ring substituents is 1. The highest BCUT2D eigenvalue weighted by Gasteiger charge is 2.31. The van der Waals surface area contributed by atoms with Gasteiger partial charge in [0.25, 0.3) is 5.69 Å². The highest BCUT2D eigenvalue weighted by molar-refractivity contribution is 5.76. The van der Waals surface area contributed by atoms with Gasteiger partial charge in [0.2, 0.25) is 0 Å². The van der Waals surface area contributed by atoms with Crippen molar-refractivity contribution in [3.05, 3.63) is 39.9 Å². The molecule has 1 aromatic carbocycles. The van der Waals surface area contributed by atoms with Crippen LogP contribution in [-0.2, 0) is 11.2 Å². The van der Waals surface area contributed by atoms with E-state index in [0.29, 0.717) is 24.9 Å². The maximum atomic E-state index is 12.2. The Bertz CT molecular complexity index is 634. The number of hydrogen-bond donors (Lipinski definition) is 2. The molecule has 0 spiro atoms. The van der Waals surface area contributed by atoms with Crippen LogP contribution in [0.1, 0.15) is 18.9 Å². The molecule has 8 nitrogen and oxygen atoms in total. The van der Waals surface area contributed by atoms with Crippen molar-refractivity contribution < 1.29 is 19.6 Å². The number of nitro groups is 1. The van der Waals surface area contributed by atoms with Gasteiger partial charge in [-0.15, -0.1) is 0 Å². The molecule has 1 saturated heterocycles. The van der Waals surface area contributed by atoms with Crippen LogP contribution in [0.5, 0.6) is 0 Å². The third-order valence-corrected chi connectivity index (χ3v) is 4.16. The minimum Gasteiger partial charge on any atom is -0.481 e. The van der Waals surface area contributed by atoms with Crippen molar-refractivity contribution in [3.63, 3.8) is 0 Å². The Labute approximate surface area is 139 Å². The number of carbonyl (C=O) groups excluding carboxylic acids is 1. The van der Waals surface area contributed by atoms with Crippen LogP contribution < -0.4 is 5.32 Å². The molecule has 0 saturated carbocycles. The predicted octanol–water partition coefficient (Wildman–Crippen LogP) is 1.89. The normalized spacial score (nSPS) is 20.5. The number of carboxylic acids is 1. The average Bonchev–Trinajstić information content (AvgIpc) is 2.54. The van der Waals surface area contributed by atoms with Gasteiger partial charge in [0.05, 0.1) is 10.8 Å². The number of amides is 2. The van der Waals surface area contributed by atoms with Gasteiger partial charge in [0.15, 0.2) is 0 Å². The second-order valence-electron chi connectivity index (χ2n) is 6.15. The van der Waals surface area contributed by atoms with E-state index >= 15 is 0 Å². The molecule has 1 aromatic rings. The molecule has 1 aliphatic rings. The van der Waals surface area contributed by atoms with Gasteiger partial charge in [-0.05, 0) is 18.8 Å². The van der Waals surface area contributed by atoms with E-state index in [0.717, 1.165) is 0 Å². The molecule has 2 amide bonds. The van der Waals surface area contributed by atoms with Crippen LogP contribution in [-0.4, -0.2) is 46.6 Å². The van der Waals surface area contributed by atoms with E-state index in [1.807, 2.05) is 6.92 Å². The largest absolute Gasteiger partial charge is 0.481 e. The van der Waals surface area contributed by atoms with Crippen molar-refractivity contribution in [2.75, 3.05) is 19.6 Å². The summed E-state index contributed by atoms with van der Waals surface area (Å²) in [7, 11) is 0. The minimum absolute atomic E-state index is 0.0317. The Kier molecular flexibility index (Phi) is 5.73. The maximum absolute atomic E-state index is 12.2.